The van der Waals surface area contributed by atoms with Gasteiger partial charge in [0.2, 0.25) is 5.43 Å². The molecular formula is C20H18FN3O2. The summed E-state index contributed by atoms with van der Waals surface area (Å²) in [5, 5.41) is 6.61. The first-order valence-electron chi connectivity index (χ1n) is 8.15. The SMILES string of the molecule is Cc1cccc(NC(=O)c2nn(Cc3ccccc3)c(C)cc2=O)c1F. The van der Waals surface area contributed by atoms with E-state index in [0.29, 0.717) is 17.8 Å². The lowest BCUT2D eigenvalue weighted by Gasteiger charge is -2.12. The second kappa shape index (κ2) is 7.31. The maximum absolute atomic E-state index is 14.1. The van der Waals surface area contributed by atoms with Crippen molar-refractivity contribution < 1.29 is 9.18 Å². The molecule has 0 bridgehead atoms. The zero-order valence-corrected chi connectivity index (χ0v) is 14.5. The number of halogens is 1. The topological polar surface area (TPSA) is 64.0 Å². The lowest BCUT2D eigenvalue weighted by molar-refractivity contribution is 0.101. The summed E-state index contributed by atoms with van der Waals surface area (Å²) in [5.41, 5.74) is 1.28. The summed E-state index contributed by atoms with van der Waals surface area (Å²) in [6.45, 7) is 3.77. The van der Waals surface area contributed by atoms with E-state index in [4.69, 9.17) is 0 Å². The fourth-order valence-corrected chi connectivity index (χ4v) is 2.58. The van der Waals surface area contributed by atoms with Crippen LogP contribution in [0.15, 0.2) is 59.4 Å². The number of nitrogens with one attached hydrogen (secondary N) is 1. The van der Waals surface area contributed by atoms with Crippen LogP contribution in [0.1, 0.15) is 27.3 Å². The van der Waals surface area contributed by atoms with E-state index in [9.17, 15) is 14.0 Å². The predicted molar refractivity (Wildman–Crippen MR) is 97.9 cm³/mol. The van der Waals surface area contributed by atoms with Gasteiger partial charge in [-0.25, -0.2) is 4.39 Å². The molecule has 5 nitrogen and oxygen atoms in total. The molecule has 0 aliphatic rings. The molecule has 0 saturated heterocycles. The normalized spacial score (nSPS) is 10.6. The number of aryl methyl sites for hydroxylation is 2. The second-order valence-corrected chi connectivity index (χ2v) is 6.03. The third-order valence-corrected chi connectivity index (χ3v) is 4.03. The largest absolute Gasteiger partial charge is 0.318 e. The van der Waals surface area contributed by atoms with Crippen molar-refractivity contribution in [1.82, 2.24) is 9.78 Å². The Balaban J connectivity index is 1.92. The van der Waals surface area contributed by atoms with Crippen molar-refractivity contribution in [2.45, 2.75) is 20.4 Å². The van der Waals surface area contributed by atoms with E-state index in [1.165, 1.54) is 12.1 Å². The summed E-state index contributed by atoms with van der Waals surface area (Å²) >= 11 is 0. The van der Waals surface area contributed by atoms with Gasteiger partial charge in [-0.05, 0) is 31.0 Å². The van der Waals surface area contributed by atoms with Crippen LogP contribution in [0.25, 0.3) is 0 Å². The van der Waals surface area contributed by atoms with Crippen molar-refractivity contribution >= 4 is 11.6 Å². The first-order chi connectivity index (χ1) is 12.5. The molecular weight excluding hydrogens is 333 g/mol. The van der Waals surface area contributed by atoms with Crippen LogP contribution in [0.5, 0.6) is 0 Å². The van der Waals surface area contributed by atoms with Crippen LogP contribution in [0.3, 0.4) is 0 Å². The summed E-state index contributed by atoms with van der Waals surface area (Å²) in [6.07, 6.45) is 0. The van der Waals surface area contributed by atoms with E-state index < -0.39 is 17.2 Å². The summed E-state index contributed by atoms with van der Waals surface area (Å²) in [7, 11) is 0. The van der Waals surface area contributed by atoms with Crippen LogP contribution in [0.4, 0.5) is 10.1 Å². The Kier molecular flexibility index (Phi) is 4.93. The van der Waals surface area contributed by atoms with Gasteiger partial charge in [0.05, 0.1) is 12.2 Å². The van der Waals surface area contributed by atoms with Crippen LogP contribution in [0.2, 0.25) is 0 Å². The first-order valence-corrected chi connectivity index (χ1v) is 8.15. The van der Waals surface area contributed by atoms with Gasteiger partial charge in [-0.1, -0.05) is 42.5 Å². The summed E-state index contributed by atoms with van der Waals surface area (Å²) in [6, 6.07) is 15.6. The Morgan fingerprint density at radius 2 is 1.85 bits per heavy atom. The fourth-order valence-electron chi connectivity index (χ4n) is 2.58. The summed E-state index contributed by atoms with van der Waals surface area (Å²) in [5.74, 6) is -1.26. The van der Waals surface area contributed by atoms with Crippen LogP contribution < -0.4 is 10.7 Å². The molecule has 0 saturated carbocycles. The number of anilines is 1. The van der Waals surface area contributed by atoms with Gasteiger partial charge in [-0.3, -0.25) is 14.3 Å². The Labute approximate surface area is 150 Å². The number of rotatable bonds is 4. The highest BCUT2D eigenvalue weighted by Gasteiger charge is 2.17. The minimum absolute atomic E-state index is 0.0198. The number of nitrogens with zero attached hydrogens (tertiary/aromatic N) is 2. The van der Waals surface area contributed by atoms with Gasteiger partial charge in [0, 0.05) is 11.8 Å². The smallest absolute Gasteiger partial charge is 0.280 e. The maximum atomic E-state index is 14.1. The highest BCUT2D eigenvalue weighted by atomic mass is 19.1. The number of carbonyl (C=O) groups is 1. The lowest BCUT2D eigenvalue weighted by Crippen LogP contribution is -2.27. The molecule has 0 aliphatic heterocycles. The number of aromatic nitrogens is 2. The zero-order chi connectivity index (χ0) is 18.7. The third-order valence-electron chi connectivity index (χ3n) is 4.03. The van der Waals surface area contributed by atoms with Gasteiger partial charge in [-0.15, -0.1) is 0 Å². The number of benzene rings is 2. The molecule has 3 rings (SSSR count). The molecule has 3 aromatic rings. The van der Waals surface area contributed by atoms with Gasteiger partial charge in [-0.2, -0.15) is 5.10 Å². The minimum Gasteiger partial charge on any atom is -0.318 e. The maximum Gasteiger partial charge on any atom is 0.280 e. The minimum atomic E-state index is -0.735. The van der Waals surface area contributed by atoms with Gasteiger partial charge in [0.1, 0.15) is 5.82 Å². The predicted octanol–water partition coefficient (Wildman–Crippen LogP) is 3.30. The number of hydrogen-bond acceptors (Lipinski definition) is 3. The molecule has 26 heavy (non-hydrogen) atoms. The Hall–Kier alpha value is -3.28. The van der Waals surface area contributed by atoms with E-state index in [1.54, 1.807) is 30.7 Å². The number of amides is 1. The van der Waals surface area contributed by atoms with E-state index in [0.717, 1.165) is 5.56 Å². The molecule has 0 atom stereocenters. The van der Waals surface area contributed by atoms with Crippen molar-refractivity contribution in [3.8, 4) is 0 Å². The van der Waals surface area contributed by atoms with Crippen molar-refractivity contribution in [3.05, 3.63) is 93.2 Å². The van der Waals surface area contributed by atoms with Gasteiger partial charge in [0.25, 0.3) is 5.91 Å². The molecule has 0 unspecified atom stereocenters. The molecule has 0 spiro atoms. The quantitative estimate of drug-likeness (QED) is 0.784. The van der Waals surface area contributed by atoms with Crippen LogP contribution >= 0.6 is 0 Å². The molecule has 0 aliphatic carbocycles. The van der Waals surface area contributed by atoms with E-state index >= 15 is 0 Å². The first kappa shape index (κ1) is 17.5. The number of carbonyl (C=O) groups excluding carboxylic acids is 1. The molecule has 2 aromatic carbocycles. The average molecular weight is 351 g/mol. The van der Waals surface area contributed by atoms with Crippen molar-refractivity contribution in [1.29, 1.82) is 0 Å². The molecule has 0 fully saturated rings. The molecule has 1 N–H and O–H groups in total. The van der Waals surface area contributed by atoms with E-state index in [-0.39, 0.29) is 11.4 Å². The third kappa shape index (κ3) is 3.69. The second-order valence-electron chi connectivity index (χ2n) is 6.03. The molecule has 132 valence electrons. The zero-order valence-electron chi connectivity index (χ0n) is 14.5. The van der Waals surface area contributed by atoms with Gasteiger partial charge in [0.15, 0.2) is 5.69 Å². The fraction of sp³-hybridized carbons (Fsp3) is 0.150. The van der Waals surface area contributed by atoms with Crippen LogP contribution in [0, 0.1) is 19.7 Å². The molecule has 0 radical (unpaired) electrons. The van der Waals surface area contributed by atoms with Crippen molar-refractivity contribution in [2.75, 3.05) is 5.32 Å². The lowest BCUT2D eigenvalue weighted by atomic mass is 10.2. The molecule has 1 amide bonds. The Morgan fingerprint density at radius 1 is 1.12 bits per heavy atom. The van der Waals surface area contributed by atoms with E-state index in [1.807, 2.05) is 30.3 Å². The van der Waals surface area contributed by atoms with Crippen LogP contribution in [-0.2, 0) is 6.54 Å². The van der Waals surface area contributed by atoms with Gasteiger partial charge >= 0.3 is 0 Å². The highest BCUT2D eigenvalue weighted by molar-refractivity contribution is 6.02. The molecule has 6 heteroatoms. The Morgan fingerprint density at radius 3 is 2.58 bits per heavy atom. The summed E-state index contributed by atoms with van der Waals surface area (Å²) < 4.78 is 15.7. The van der Waals surface area contributed by atoms with Gasteiger partial charge < -0.3 is 5.32 Å². The Bertz CT molecular complexity index is 1010. The standard InChI is InChI=1S/C20H18FN3O2/c1-13-7-6-10-16(18(13)21)22-20(26)19-17(25)11-14(2)24(23-19)12-15-8-4-3-5-9-15/h3-11H,12H2,1-2H3,(H,22,26). The van der Waals surface area contributed by atoms with Crippen molar-refractivity contribution in [3.63, 3.8) is 0 Å². The monoisotopic (exact) mass is 351 g/mol. The number of hydrogen-bond donors (Lipinski definition) is 1. The highest BCUT2D eigenvalue weighted by Crippen LogP contribution is 2.17. The molecule has 1 aromatic heterocycles. The van der Waals surface area contributed by atoms with Crippen molar-refractivity contribution in [2.24, 2.45) is 0 Å². The summed E-state index contributed by atoms with van der Waals surface area (Å²) in [4.78, 5) is 24.7. The van der Waals surface area contributed by atoms with Crippen LogP contribution in [-0.4, -0.2) is 15.7 Å². The van der Waals surface area contributed by atoms with E-state index in [2.05, 4.69) is 10.4 Å². The molecule has 1 heterocycles. The average Bonchev–Trinajstić information content (AvgIpc) is 2.62.